The fourth-order valence-electron chi connectivity index (χ4n) is 3.15. The zero-order valence-corrected chi connectivity index (χ0v) is 18.7. The van der Waals surface area contributed by atoms with Gasteiger partial charge in [-0.05, 0) is 67.1 Å². The van der Waals surface area contributed by atoms with Gasteiger partial charge in [0.05, 0.1) is 11.7 Å². The van der Waals surface area contributed by atoms with E-state index in [4.69, 9.17) is 23.2 Å². The Bertz CT molecular complexity index is 1210. The molecule has 5 nitrogen and oxygen atoms in total. The minimum atomic E-state index is -0.153. The lowest BCUT2D eigenvalue weighted by Crippen LogP contribution is -2.26. The van der Waals surface area contributed by atoms with Gasteiger partial charge < -0.3 is 10.6 Å². The summed E-state index contributed by atoms with van der Waals surface area (Å²) in [6, 6.07) is 23.7. The van der Waals surface area contributed by atoms with E-state index >= 15 is 0 Å². The third kappa shape index (κ3) is 5.44. The second-order valence-electron chi connectivity index (χ2n) is 7.22. The molecule has 160 valence electrons. The van der Waals surface area contributed by atoms with Gasteiger partial charge in [0, 0.05) is 33.1 Å². The summed E-state index contributed by atoms with van der Waals surface area (Å²) >= 11 is 11.9. The maximum atomic E-state index is 12.6. The molecule has 1 unspecified atom stereocenters. The van der Waals surface area contributed by atoms with Crippen LogP contribution in [0, 0.1) is 0 Å². The first-order valence-electron chi connectivity index (χ1n) is 10.0. The topological polar surface area (TPSA) is 66.9 Å². The SMILES string of the molecule is CC(NC(=O)c1ccc(Nc2nccc(-c3ccc(Cl)cc3)n2)cc1)c1ccc(Cl)cc1. The molecule has 1 heterocycles. The minimum absolute atomic E-state index is 0.137. The molecule has 0 fully saturated rings. The number of hydrogen-bond donors (Lipinski definition) is 2. The van der Waals surface area contributed by atoms with Crippen LogP contribution >= 0.6 is 23.2 Å². The highest BCUT2D eigenvalue weighted by Gasteiger charge is 2.12. The second-order valence-corrected chi connectivity index (χ2v) is 8.09. The Balaban J connectivity index is 1.41. The number of carbonyl (C=O) groups excluding carboxylic acids is 1. The molecule has 0 spiro atoms. The van der Waals surface area contributed by atoms with Crippen molar-refractivity contribution < 1.29 is 4.79 Å². The van der Waals surface area contributed by atoms with Crippen LogP contribution in [0.4, 0.5) is 11.6 Å². The number of hydrogen-bond acceptors (Lipinski definition) is 4. The van der Waals surface area contributed by atoms with Crippen LogP contribution < -0.4 is 10.6 Å². The number of carbonyl (C=O) groups is 1. The highest BCUT2D eigenvalue weighted by molar-refractivity contribution is 6.30. The fraction of sp³-hybridized carbons (Fsp3) is 0.0800. The van der Waals surface area contributed by atoms with Gasteiger partial charge in [0.2, 0.25) is 5.95 Å². The summed E-state index contributed by atoms with van der Waals surface area (Å²) in [5.74, 6) is 0.311. The van der Waals surface area contributed by atoms with E-state index in [1.807, 2.05) is 73.7 Å². The Hall–Kier alpha value is -3.41. The third-order valence-corrected chi connectivity index (χ3v) is 5.42. The van der Waals surface area contributed by atoms with Gasteiger partial charge in [-0.25, -0.2) is 9.97 Å². The molecular weight excluding hydrogens is 443 g/mol. The maximum absolute atomic E-state index is 12.6. The minimum Gasteiger partial charge on any atom is -0.346 e. The number of aromatic nitrogens is 2. The summed E-state index contributed by atoms with van der Waals surface area (Å²) in [5, 5.41) is 7.50. The molecule has 0 bridgehead atoms. The van der Waals surface area contributed by atoms with E-state index in [1.165, 1.54) is 0 Å². The molecule has 4 rings (SSSR count). The predicted octanol–water partition coefficient (Wildman–Crippen LogP) is 6.69. The number of halogens is 2. The largest absolute Gasteiger partial charge is 0.346 e. The Labute approximate surface area is 196 Å². The van der Waals surface area contributed by atoms with Crippen LogP contribution in [-0.4, -0.2) is 15.9 Å². The summed E-state index contributed by atoms with van der Waals surface area (Å²) in [4.78, 5) is 21.4. The molecule has 0 aliphatic heterocycles. The molecule has 4 aromatic rings. The molecular formula is C25H20Cl2N4O. The van der Waals surface area contributed by atoms with E-state index in [0.717, 1.165) is 22.5 Å². The van der Waals surface area contributed by atoms with Crippen molar-refractivity contribution in [2.24, 2.45) is 0 Å². The molecule has 1 aromatic heterocycles. The molecule has 1 atom stereocenters. The number of benzene rings is 3. The molecule has 32 heavy (non-hydrogen) atoms. The van der Waals surface area contributed by atoms with Gasteiger partial charge in [-0.1, -0.05) is 47.5 Å². The molecule has 0 radical (unpaired) electrons. The maximum Gasteiger partial charge on any atom is 0.251 e. The molecule has 0 aliphatic rings. The molecule has 2 N–H and O–H groups in total. The van der Waals surface area contributed by atoms with Crippen molar-refractivity contribution in [3.8, 4) is 11.3 Å². The lowest BCUT2D eigenvalue weighted by atomic mass is 10.1. The quantitative estimate of drug-likeness (QED) is 0.335. The number of nitrogens with one attached hydrogen (secondary N) is 2. The standard InChI is InChI=1S/C25H20Cl2N4O/c1-16(17-2-8-20(26)9-3-17)29-24(32)19-6-12-22(13-7-19)30-25-28-15-14-23(31-25)18-4-10-21(27)11-5-18/h2-16H,1H3,(H,29,32)(H,28,30,31). The molecule has 7 heteroatoms. The van der Waals surface area contributed by atoms with Crippen LogP contribution in [0.15, 0.2) is 85.1 Å². The Kier molecular flexibility index (Phi) is 6.69. The zero-order chi connectivity index (χ0) is 22.5. The monoisotopic (exact) mass is 462 g/mol. The van der Waals surface area contributed by atoms with Crippen molar-refractivity contribution in [3.05, 3.63) is 106 Å². The van der Waals surface area contributed by atoms with E-state index in [9.17, 15) is 4.79 Å². The van der Waals surface area contributed by atoms with Crippen molar-refractivity contribution in [2.45, 2.75) is 13.0 Å². The van der Waals surface area contributed by atoms with Gasteiger partial charge in [0.15, 0.2) is 0 Å². The Morgan fingerprint density at radius 1 is 0.844 bits per heavy atom. The van der Waals surface area contributed by atoms with Gasteiger partial charge in [-0.3, -0.25) is 4.79 Å². The van der Waals surface area contributed by atoms with Gasteiger partial charge in [0.1, 0.15) is 0 Å². The number of nitrogens with zero attached hydrogens (tertiary/aromatic N) is 2. The van der Waals surface area contributed by atoms with E-state index in [-0.39, 0.29) is 11.9 Å². The average molecular weight is 463 g/mol. The number of rotatable bonds is 6. The van der Waals surface area contributed by atoms with Gasteiger partial charge in [-0.15, -0.1) is 0 Å². The predicted molar refractivity (Wildman–Crippen MR) is 130 cm³/mol. The van der Waals surface area contributed by atoms with Crippen LogP contribution in [0.5, 0.6) is 0 Å². The highest BCUT2D eigenvalue weighted by atomic mass is 35.5. The highest BCUT2D eigenvalue weighted by Crippen LogP contribution is 2.22. The summed E-state index contributed by atoms with van der Waals surface area (Å²) in [6.07, 6.45) is 1.69. The van der Waals surface area contributed by atoms with Crippen LogP contribution in [-0.2, 0) is 0 Å². The smallest absolute Gasteiger partial charge is 0.251 e. The third-order valence-electron chi connectivity index (χ3n) is 4.92. The first-order chi connectivity index (χ1) is 15.5. The molecule has 0 saturated heterocycles. The molecule has 3 aromatic carbocycles. The molecule has 0 aliphatic carbocycles. The molecule has 0 saturated carbocycles. The van der Waals surface area contributed by atoms with E-state index in [2.05, 4.69) is 20.6 Å². The van der Waals surface area contributed by atoms with Crippen molar-refractivity contribution in [1.82, 2.24) is 15.3 Å². The van der Waals surface area contributed by atoms with Crippen LogP contribution in [0.3, 0.4) is 0 Å². The number of amides is 1. The summed E-state index contributed by atoms with van der Waals surface area (Å²) < 4.78 is 0. The van der Waals surface area contributed by atoms with Crippen LogP contribution in [0.1, 0.15) is 28.9 Å². The van der Waals surface area contributed by atoms with Crippen molar-refractivity contribution in [1.29, 1.82) is 0 Å². The van der Waals surface area contributed by atoms with Crippen molar-refractivity contribution >= 4 is 40.7 Å². The summed E-state index contributed by atoms with van der Waals surface area (Å²) in [7, 11) is 0. The van der Waals surface area contributed by atoms with E-state index in [1.54, 1.807) is 18.3 Å². The second kappa shape index (κ2) is 9.81. The first kappa shape index (κ1) is 21.8. The van der Waals surface area contributed by atoms with Crippen molar-refractivity contribution in [3.63, 3.8) is 0 Å². The normalized spacial score (nSPS) is 11.6. The van der Waals surface area contributed by atoms with E-state index in [0.29, 0.717) is 21.6 Å². The average Bonchev–Trinajstić information content (AvgIpc) is 2.80. The van der Waals surface area contributed by atoms with Crippen LogP contribution in [0.2, 0.25) is 10.0 Å². The zero-order valence-electron chi connectivity index (χ0n) is 17.2. The fourth-order valence-corrected chi connectivity index (χ4v) is 3.40. The van der Waals surface area contributed by atoms with Crippen LogP contribution in [0.25, 0.3) is 11.3 Å². The van der Waals surface area contributed by atoms with Crippen molar-refractivity contribution in [2.75, 3.05) is 5.32 Å². The van der Waals surface area contributed by atoms with Gasteiger partial charge >= 0.3 is 0 Å². The van der Waals surface area contributed by atoms with Gasteiger partial charge in [-0.2, -0.15) is 0 Å². The summed E-state index contributed by atoms with van der Waals surface area (Å²) in [6.45, 7) is 1.93. The summed E-state index contributed by atoms with van der Waals surface area (Å²) in [5.41, 5.74) is 4.06. The van der Waals surface area contributed by atoms with Gasteiger partial charge in [0.25, 0.3) is 5.91 Å². The Morgan fingerprint density at radius 3 is 2.12 bits per heavy atom. The molecule has 1 amide bonds. The lowest BCUT2D eigenvalue weighted by Gasteiger charge is -2.15. The number of anilines is 2. The lowest BCUT2D eigenvalue weighted by molar-refractivity contribution is 0.0940. The first-order valence-corrected chi connectivity index (χ1v) is 10.8. The van der Waals surface area contributed by atoms with E-state index < -0.39 is 0 Å². The Morgan fingerprint density at radius 2 is 1.47 bits per heavy atom.